The van der Waals surface area contributed by atoms with Crippen molar-refractivity contribution in [3.05, 3.63) is 53.8 Å². The highest BCUT2D eigenvalue weighted by Crippen LogP contribution is 2.26. The average molecular weight is 1130 g/mol. The number of likely N-dealkylation sites (N-methyl/N-ethyl adjacent to an activating group) is 1. The van der Waals surface area contributed by atoms with E-state index in [4.69, 9.17) is 42.6 Å². The Balaban J connectivity index is 0.678. The molecule has 6 amide bonds. The minimum absolute atomic E-state index is 0.00753. The molecule has 0 aliphatic carbocycles. The van der Waals surface area contributed by atoms with Crippen LogP contribution < -0.4 is 52.3 Å². The van der Waals surface area contributed by atoms with E-state index in [1.165, 1.54) is 24.9 Å². The van der Waals surface area contributed by atoms with Gasteiger partial charge in [-0.05, 0) is 37.4 Å². The summed E-state index contributed by atoms with van der Waals surface area (Å²) in [7, 11) is 3.52. The van der Waals surface area contributed by atoms with Crippen LogP contribution in [0.15, 0.2) is 42.5 Å². The van der Waals surface area contributed by atoms with E-state index in [0.29, 0.717) is 128 Å². The van der Waals surface area contributed by atoms with Crippen LogP contribution in [0.25, 0.3) is 0 Å². The van der Waals surface area contributed by atoms with Crippen molar-refractivity contribution in [1.29, 1.82) is 0 Å². The van der Waals surface area contributed by atoms with Crippen molar-refractivity contribution in [2.75, 3.05) is 170 Å². The molecule has 4 fully saturated rings. The smallest absolute Gasteiger partial charge is 0.321 e. The van der Waals surface area contributed by atoms with Crippen LogP contribution in [0.1, 0.15) is 18.9 Å². The van der Waals surface area contributed by atoms with Crippen LogP contribution in [0, 0.1) is 11.7 Å². The minimum atomic E-state index is -0.657. The van der Waals surface area contributed by atoms with E-state index >= 15 is 0 Å². The van der Waals surface area contributed by atoms with Crippen LogP contribution in [0.2, 0.25) is 0 Å². The summed E-state index contributed by atoms with van der Waals surface area (Å²) in [4.78, 5) is 54.7. The number of methoxy groups -OCH3 is 1. The number of piperazine rings is 1. The number of benzene rings is 2. The Kier molecular flexibility index (Phi) is 28.4. The lowest BCUT2D eigenvalue weighted by Gasteiger charge is -2.33. The van der Waals surface area contributed by atoms with E-state index in [2.05, 4.69) is 54.8 Å². The molecule has 0 bridgehead atoms. The van der Waals surface area contributed by atoms with Crippen molar-refractivity contribution in [1.82, 2.24) is 52.4 Å². The largest absolute Gasteiger partial charge is 0.497 e. The standard InChI is InChI=1S/C50H80FN11O13S2/c1-36-30-53-48(65)56-47(36)77-44(46(64)52-31-37-4-7-42(67-3)29-43(37)51)34-74-25-23-70-17-16-68-15-14-62-32-40(58-59-62)33-73-24-22-71-19-18-69-20-21-72-26-27-75-41-8-5-38(6-9-41)54-49(66)57-50-55-39(35-76-50)28-45(63)61-12-10-60(2)11-13-61/h4-9,29,36,39-40,44,47,50,55,58-59H,10-28,30-35H2,1-3H3,(H,52,64)(H2,53,56,65)(H2,54,57,66)/t36?,39?,40?,44-,47?,50?/m0/s1. The molecule has 0 radical (unpaired) electrons. The second-order valence-electron chi connectivity index (χ2n) is 18.6. The first-order valence-electron chi connectivity index (χ1n) is 26.3. The molecule has 2 aromatic rings. The van der Waals surface area contributed by atoms with Gasteiger partial charge < -0.3 is 79.0 Å². The monoisotopic (exact) mass is 1130 g/mol. The van der Waals surface area contributed by atoms with Gasteiger partial charge in [0.25, 0.3) is 0 Å². The van der Waals surface area contributed by atoms with Gasteiger partial charge >= 0.3 is 12.1 Å². The predicted molar refractivity (Wildman–Crippen MR) is 289 cm³/mol. The highest BCUT2D eigenvalue weighted by atomic mass is 32.2. The molecule has 2 aromatic carbocycles. The summed E-state index contributed by atoms with van der Waals surface area (Å²) in [6.45, 7) is 13.1. The molecule has 77 heavy (non-hydrogen) atoms. The molecule has 4 aliphatic heterocycles. The molecule has 8 N–H and O–H groups in total. The van der Waals surface area contributed by atoms with Gasteiger partial charge in [0.1, 0.15) is 34.7 Å². The summed E-state index contributed by atoms with van der Waals surface area (Å²) < 4.78 is 65.2. The summed E-state index contributed by atoms with van der Waals surface area (Å²) in [5.74, 6) is 1.21. The van der Waals surface area contributed by atoms with E-state index in [1.807, 2.05) is 16.8 Å². The van der Waals surface area contributed by atoms with Crippen molar-refractivity contribution in [2.45, 2.75) is 48.1 Å². The number of thioether (sulfide) groups is 2. The van der Waals surface area contributed by atoms with Crippen LogP contribution in [0.4, 0.5) is 19.7 Å². The summed E-state index contributed by atoms with van der Waals surface area (Å²) in [6.07, 6.45) is 0.425. The zero-order chi connectivity index (χ0) is 54.5. The molecule has 6 rings (SSSR count). The first-order valence-corrected chi connectivity index (χ1v) is 28.2. The van der Waals surface area contributed by atoms with Gasteiger partial charge in [-0.25, -0.2) is 24.4 Å². The summed E-state index contributed by atoms with van der Waals surface area (Å²) in [6, 6.07) is 11.1. The van der Waals surface area contributed by atoms with Crippen molar-refractivity contribution >= 4 is 53.1 Å². The predicted octanol–water partition coefficient (Wildman–Crippen LogP) is 0.990. The Bertz CT molecular complexity index is 2060. The SMILES string of the molecule is COc1ccc(CNC(=O)[C@H](COCCOCCOCCN2CC(COCCOCCOCCOCCOc3ccc(NC(=O)NC4NC(CC(=O)N5CCN(C)CC5)CS4)cc3)NN2)SC2NC(=O)NCC2C)c(F)c1. The highest BCUT2D eigenvalue weighted by molar-refractivity contribution is 8.01. The van der Waals surface area contributed by atoms with Crippen LogP contribution in [-0.4, -0.2) is 232 Å². The second kappa shape index (κ2) is 35.3. The third-order valence-electron chi connectivity index (χ3n) is 12.5. The van der Waals surface area contributed by atoms with Gasteiger partial charge in [0, 0.05) is 93.8 Å². The van der Waals surface area contributed by atoms with Crippen LogP contribution in [0.5, 0.6) is 11.5 Å². The number of nitrogens with one attached hydrogen (secondary N) is 8. The van der Waals surface area contributed by atoms with Gasteiger partial charge in [0.15, 0.2) is 0 Å². The third kappa shape index (κ3) is 23.9. The molecule has 4 saturated heterocycles. The van der Waals surface area contributed by atoms with Gasteiger partial charge in [0.05, 0.1) is 111 Å². The average Bonchev–Trinajstić information content (AvgIpc) is 4.08. The number of anilines is 1. The second-order valence-corrected chi connectivity index (χ2v) is 21.1. The molecule has 0 saturated carbocycles. The third-order valence-corrected chi connectivity index (χ3v) is 15.2. The van der Waals surface area contributed by atoms with E-state index < -0.39 is 11.1 Å². The fourth-order valence-corrected chi connectivity index (χ4v) is 10.4. The zero-order valence-electron chi connectivity index (χ0n) is 44.5. The maximum absolute atomic E-state index is 14.5. The summed E-state index contributed by atoms with van der Waals surface area (Å²) in [5, 5.41) is 18.6. The maximum atomic E-state index is 14.5. The van der Waals surface area contributed by atoms with Gasteiger partial charge in [-0.1, -0.05) is 13.0 Å². The Morgan fingerprint density at radius 2 is 1.47 bits per heavy atom. The Hall–Kier alpha value is -4.33. The number of urea groups is 2. The molecule has 24 nitrogen and oxygen atoms in total. The fourth-order valence-electron chi connectivity index (χ4n) is 8.03. The molecule has 4 heterocycles. The van der Waals surface area contributed by atoms with Gasteiger partial charge in [-0.2, -0.15) is 5.53 Å². The molecule has 4 aliphatic rings. The van der Waals surface area contributed by atoms with Crippen molar-refractivity contribution in [3.63, 3.8) is 0 Å². The van der Waals surface area contributed by atoms with Crippen molar-refractivity contribution in [3.8, 4) is 11.5 Å². The number of halogens is 1. The zero-order valence-corrected chi connectivity index (χ0v) is 46.2. The molecular formula is C50H80FN11O13S2. The van der Waals surface area contributed by atoms with Gasteiger partial charge in [-0.3, -0.25) is 14.9 Å². The van der Waals surface area contributed by atoms with Crippen molar-refractivity contribution in [2.24, 2.45) is 5.92 Å². The summed E-state index contributed by atoms with van der Waals surface area (Å²) in [5.41, 5.74) is 7.05. The number of amides is 6. The van der Waals surface area contributed by atoms with E-state index in [9.17, 15) is 23.6 Å². The van der Waals surface area contributed by atoms with Crippen LogP contribution in [0.3, 0.4) is 0 Å². The normalized spacial score (nSPS) is 21.3. The lowest BCUT2D eigenvalue weighted by Crippen LogP contribution is -2.54. The number of hydrogen-bond donors (Lipinski definition) is 8. The Morgan fingerprint density at radius 3 is 2.16 bits per heavy atom. The topological polar surface area (TPSA) is 257 Å². The Labute approximate surface area is 459 Å². The van der Waals surface area contributed by atoms with E-state index in [0.717, 1.165) is 38.5 Å². The maximum Gasteiger partial charge on any atom is 0.321 e. The quantitative estimate of drug-likeness (QED) is 0.0443. The van der Waals surface area contributed by atoms with E-state index in [-0.39, 0.29) is 72.5 Å². The lowest BCUT2D eigenvalue weighted by molar-refractivity contribution is -0.133. The minimum Gasteiger partial charge on any atom is -0.497 e. The first-order chi connectivity index (χ1) is 37.5. The molecule has 0 aromatic heterocycles. The molecule has 432 valence electrons. The van der Waals surface area contributed by atoms with E-state index in [1.54, 1.807) is 48.2 Å². The number of hydrazine groups is 2. The van der Waals surface area contributed by atoms with Crippen LogP contribution >= 0.6 is 23.5 Å². The lowest BCUT2D eigenvalue weighted by atomic mass is 10.1. The van der Waals surface area contributed by atoms with Gasteiger partial charge in [0.2, 0.25) is 11.8 Å². The van der Waals surface area contributed by atoms with Crippen molar-refractivity contribution < 1.29 is 66.2 Å². The number of carbonyl (C=O) groups is 4. The molecule has 0 spiro atoms. The molecule has 27 heteroatoms. The number of ether oxygens (including phenoxy) is 9. The number of rotatable bonds is 36. The fraction of sp³-hybridized carbons (Fsp3) is 0.680. The number of hydrogen-bond acceptors (Lipinski definition) is 20. The van der Waals surface area contributed by atoms with Crippen LogP contribution in [-0.2, 0) is 49.3 Å². The molecular weight excluding hydrogens is 1050 g/mol. The summed E-state index contributed by atoms with van der Waals surface area (Å²) >= 11 is 2.88. The van der Waals surface area contributed by atoms with Gasteiger partial charge in [-0.15, -0.1) is 23.5 Å². The first kappa shape index (κ1) is 61.9. The molecule has 5 unspecified atom stereocenters. The highest BCUT2D eigenvalue weighted by Gasteiger charge is 2.32. The number of nitrogens with zero attached hydrogens (tertiary/aromatic N) is 3. The Morgan fingerprint density at radius 1 is 0.818 bits per heavy atom. The number of carbonyl (C=O) groups excluding carboxylic acids is 4. The molecule has 6 atom stereocenters.